The predicted molar refractivity (Wildman–Crippen MR) is 73.3 cm³/mol. The second kappa shape index (κ2) is 4.97. The number of pyridine rings is 1. The number of hydrogen-bond acceptors (Lipinski definition) is 3. The van der Waals surface area contributed by atoms with Crippen molar-refractivity contribution >= 4 is 34.2 Å². The third kappa shape index (κ3) is 2.29. The molecule has 86 valence electrons. The van der Waals surface area contributed by atoms with E-state index in [4.69, 9.17) is 17.3 Å². The van der Waals surface area contributed by atoms with Crippen LogP contribution < -0.4 is 5.73 Å². The van der Waals surface area contributed by atoms with Crippen LogP contribution in [0.1, 0.15) is 5.69 Å². The van der Waals surface area contributed by atoms with E-state index in [0.717, 1.165) is 22.0 Å². The highest BCUT2D eigenvalue weighted by molar-refractivity contribution is 6.35. The van der Waals surface area contributed by atoms with Gasteiger partial charge in [-0.1, -0.05) is 23.7 Å². The van der Waals surface area contributed by atoms with E-state index in [1.807, 2.05) is 24.3 Å². The maximum absolute atomic E-state index is 6.08. The lowest BCUT2D eigenvalue weighted by Crippen LogP contribution is -1.94. The zero-order valence-electron chi connectivity index (χ0n) is 9.39. The predicted octanol–water partition coefficient (Wildman–Crippen LogP) is 2.89. The largest absolute Gasteiger partial charge is 0.404 e. The molecule has 1 heterocycles. The monoisotopic (exact) mass is 245 g/mol. The van der Waals surface area contributed by atoms with Gasteiger partial charge in [-0.05, 0) is 17.5 Å². The highest BCUT2D eigenvalue weighted by Crippen LogP contribution is 2.24. The second-order valence-electron chi connectivity index (χ2n) is 3.54. The molecule has 0 aliphatic heterocycles. The molecule has 0 saturated carbocycles. The molecule has 3 nitrogen and oxygen atoms in total. The maximum Gasteiger partial charge on any atom is 0.0738 e. The van der Waals surface area contributed by atoms with Crippen LogP contribution in [0.2, 0.25) is 5.02 Å². The van der Waals surface area contributed by atoms with Gasteiger partial charge in [-0.15, -0.1) is 0 Å². The summed E-state index contributed by atoms with van der Waals surface area (Å²) in [4.78, 5) is 8.28. The van der Waals surface area contributed by atoms with Gasteiger partial charge in [0.25, 0.3) is 0 Å². The van der Waals surface area contributed by atoms with Crippen LogP contribution in [0, 0.1) is 0 Å². The van der Waals surface area contributed by atoms with Crippen molar-refractivity contribution in [3.8, 4) is 0 Å². The average molecular weight is 246 g/mol. The molecule has 0 fully saturated rings. The van der Waals surface area contributed by atoms with Gasteiger partial charge >= 0.3 is 0 Å². The topological polar surface area (TPSA) is 51.3 Å². The van der Waals surface area contributed by atoms with Crippen molar-refractivity contribution in [2.45, 2.75) is 0 Å². The number of nitrogens with zero attached hydrogens (tertiary/aromatic N) is 2. The minimum Gasteiger partial charge on any atom is -0.404 e. The zero-order chi connectivity index (χ0) is 12.3. The number of allylic oxidation sites excluding steroid dienone is 1. The fraction of sp³-hybridized carbons (Fsp3) is 0.0769. The third-order valence-corrected chi connectivity index (χ3v) is 2.78. The Balaban J connectivity index is 2.59. The number of nitrogens with two attached hydrogens (primary N) is 1. The highest BCUT2D eigenvalue weighted by atomic mass is 35.5. The molecular weight excluding hydrogens is 234 g/mol. The van der Waals surface area contributed by atoms with Gasteiger partial charge in [-0.3, -0.25) is 9.98 Å². The summed E-state index contributed by atoms with van der Waals surface area (Å²) in [5.41, 5.74) is 7.12. The molecule has 0 amide bonds. The molecule has 1 aromatic carbocycles. The first-order valence-electron chi connectivity index (χ1n) is 5.15. The molecule has 1 aromatic heterocycles. The van der Waals surface area contributed by atoms with Gasteiger partial charge in [0.2, 0.25) is 0 Å². The molecule has 0 radical (unpaired) electrons. The summed E-state index contributed by atoms with van der Waals surface area (Å²) >= 11 is 6.08. The summed E-state index contributed by atoms with van der Waals surface area (Å²) < 4.78 is 0. The Morgan fingerprint density at radius 3 is 3.00 bits per heavy atom. The zero-order valence-corrected chi connectivity index (χ0v) is 10.1. The quantitative estimate of drug-likeness (QED) is 0.827. The van der Waals surface area contributed by atoms with Gasteiger partial charge in [0.1, 0.15) is 0 Å². The van der Waals surface area contributed by atoms with E-state index >= 15 is 0 Å². The Hall–Kier alpha value is -1.87. The van der Waals surface area contributed by atoms with E-state index in [1.165, 1.54) is 6.20 Å². The summed E-state index contributed by atoms with van der Waals surface area (Å²) in [7, 11) is 1.70. The first-order valence-corrected chi connectivity index (χ1v) is 5.52. The van der Waals surface area contributed by atoms with Crippen molar-refractivity contribution in [1.29, 1.82) is 0 Å². The van der Waals surface area contributed by atoms with Gasteiger partial charge in [0.05, 0.1) is 5.69 Å². The lowest BCUT2D eigenvalue weighted by Gasteiger charge is -2.04. The number of hydrogen-bond donors (Lipinski definition) is 1. The third-order valence-electron chi connectivity index (χ3n) is 2.46. The maximum atomic E-state index is 6.08. The molecule has 0 saturated heterocycles. The number of halogens is 1. The lowest BCUT2D eigenvalue weighted by molar-refractivity contribution is 1.31. The molecular formula is C13H12ClN3. The summed E-state index contributed by atoms with van der Waals surface area (Å²) in [5.74, 6) is 0. The lowest BCUT2D eigenvalue weighted by atomic mass is 10.1. The van der Waals surface area contributed by atoms with E-state index in [2.05, 4.69) is 9.98 Å². The Morgan fingerprint density at radius 1 is 1.47 bits per heavy atom. The first-order chi connectivity index (χ1) is 8.26. The van der Waals surface area contributed by atoms with E-state index in [1.54, 1.807) is 19.5 Å². The van der Waals surface area contributed by atoms with Crippen molar-refractivity contribution in [2.75, 3.05) is 7.05 Å². The van der Waals surface area contributed by atoms with Crippen LogP contribution in [-0.4, -0.2) is 18.2 Å². The van der Waals surface area contributed by atoms with Gasteiger partial charge < -0.3 is 5.73 Å². The van der Waals surface area contributed by atoms with Crippen molar-refractivity contribution < 1.29 is 0 Å². The fourth-order valence-electron chi connectivity index (χ4n) is 1.63. The molecule has 0 unspecified atom stereocenters. The Labute approximate surface area is 105 Å². The van der Waals surface area contributed by atoms with E-state index < -0.39 is 0 Å². The van der Waals surface area contributed by atoms with Crippen molar-refractivity contribution in [2.24, 2.45) is 10.7 Å². The molecule has 2 rings (SSSR count). The Bertz CT molecular complexity index is 603. The molecule has 0 spiro atoms. The second-order valence-corrected chi connectivity index (χ2v) is 3.95. The normalized spacial score (nSPS) is 12.5. The first kappa shape index (κ1) is 11.6. The van der Waals surface area contributed by atoms with Crippen LogP contribution in [0.4, 0.5) is 0 Å². The number of rotatable bonds is 2. The van der Waals surface area contributed by atoms with Gasteiger partial charge in [0, 0.05) is 41.6 Å². The van der Waals surface area contributed by atoms with Crippen LogP contribution in [-0.2, 0) is 0 Å². The SMILES string of the molecule is CN=C/C(=C\N)c1cc2cccc(Cl)c2cn1. The van der Waals surface area contributed by atoms with E-state index in [9.17, 15) is 0 Å². The van der Waals surface area contributed by atoms with Crippen molar-refractivity contribution in [1.82, 2.24) is 4.98 Å². The van der Waals surface area contributed by atoms with E-state index in [-0.39, 0.29) is 0 Å². The summed E-state index contributed by atoms with van der Waals surface area (Å²) in [5, 5.41) is 2.66. The fourth-order valence-corrected chi connectivity index (χ4v) is 1.86. The molecule has 2 aromatic rings. The van der Waals surface area contributed by atoms with Crippen LogP contribution >= 0.6 is 11.6 Å². The number of aliphatic imine (C=N–C) groups is 1. The van der Waals surface area contributed by atoms with Crippen LogP contribution in [0.25, 0.3) is 16.3 Å². The Kier molecular flexibility index (Phi) is 3.40. The molecule has 2 N–H and O–H groups in total. The number of benzene rings is 1. The molecule has 4 heteroatoms. The van der Waals surface area contributed by atoms with Gasteiger partial charge in [-0.25, -0.2) is 0 Å². The Morgan fingerprint density at radius 2 is 2.29 bits per heavy atom. The smallest absolute Gasteiger partial charge is 0.0738 e. The summed E-state index contributed by atoms with van der Waals surface area (Å²) in [6.45, 7) is 0. The average Bonchev–Trinajstić information content (AvgIpc) is 2.36. The molecule has 17 heavy (non-hydrogen) atoms. The molecule has 0 aliphatic rings. The van der Waals surface area contributed by atoms with Crippen LogP contribution in [0.5, 0.6) is 0 Å². The van der Waals surface area contributed by atoms with Crippen molar-refractivity contribution in [3.05, 3.63) is 47.4 Å². The standard InChI is InChI=1S/C13H12ClN3/c1-16-7-10(6-15)13-5-9-3-2-4-12(14)11(9)8-17-13/h2-8H,15H2,1H3/b10-6+,16-7?. The molecule has 0 atom stereocenters. The highest BCUT2D eigenvalue weighted by Gasteiger charge is 2.03. The molecule has 0 bridgehead atoms. The van der Waals surface area contributed by atoms with Gasteiger partial charge in [0.15, 0.2) is 0 Å². The summed E-state index contributed by atoms with van der Waals surface area (Å²) in [6, 6.07) is 7.69. The molecule has 0 aliphatic carbocycles. The number of aromatic nitrogens is 1. The van der Waals surface area contributed by atoms with Gasteiger partial charge in [-0.2, -0.15) is 0 Å². The van der Waals surface area contributed by atoms with Crippen LogP contribution in [0.15, 0.2) is 41.7 Å². The summed E-state index contributed by atoms with van der Waals surface area (Å²) in [6.07, 6.45) is 4.92. The minimum atomic E-state index is 0.698. The van der Waals surface area contributed by atoms with Crippen LogP contribution in [0.3, 0.4) is 0 Å². The van der Waals surface area contributed by atoms with E-state index in [0.29, 0.717) is 5.02 Å². The minimum absolute atomic E-state index is 0.698. The number of fused-ring (bicyclic) bond motifs is 1. The van der Waals surface area contributed by atoms with Crippen molar-refractivity contribution in [3.63, 3.8) is 0 Å².